The van der Waals surface area contributed by atoms with Crippen LogP contribution < -0.4 is 15.0 Å². The molecule has 5 nitrogen and oxygen atoms in total. The zero-order valence-corrected chi connectivity index (χ0v) is 17.1. The Hall–Kier alpha value is -2.60. The maximum Gasteiger partial charge on any atom is 0.225 e. The summed E-state index contributed by atoms with van der Waals surface area (Å²) in [5.74, 6) is 0.975. The number of aryl methyl sites for hydroxylation is 1. The summed E-state index contributed by atoms with van der Waals surface area (Å²) in [4.78, 5) is 19.7. The van der Waals surface area contributed by atoms with Crippen LogP contribution in [0.15, 0.2) is 42.5 Å². The Labute approximate surface area is 169 Å². The lowest BCUT2D eigenvalue weighted by Gasteiger charge is -2.31. The van der Waals surface area contributed by atoms with Crippen LogP contribution in [0.2, 0.25) is 0 Å². The average Bonchev–Trinajstić information content (AvgIpc) is 3.16. The third-order valence-corrected chi connectivity index (χ3v) is 6.31. The molecule has 6 heteroatoms. The van der Waals surface area contributed by atoms with Crippen LogP contribution in [0.1, 0.15) is 24.0 Å². The molecule has 1 amide bonds. The van der Waals surface area contributed by atoms with Crippen molar-refractivity contribution >= 4 is 32.6 Å². The van der Waals surface area contributed by atoms with Gasteiger partial charge in [0, 0.05) is 19.6 Å². The first-order valence-corrected chi connectivity index (χ1v) is 10.5. The average molecular weight is 396 g/mol. The number of piperidine rings is 1. The molecule has 1 fully saturated rings. The molecule has 1 atom stereocenters. The van der Waals surface area contributed by atoms with Crippen molar-refractivity contribution in [1.82, 2.24) is 10.3 Å². The largest absolute Gasteiger partial charge is 0.497 e. The highest BCUT2D eigenvalue weighted by atomic mass is 32.1. The zero-order chi connectivity index (χ0) is 19.5. The molecule has 1 saturated heterocycles. The molecular weight excluding hydrogens is 370 g/mol. The van der Waals surface area contributed by atoms with Gasteiger partial charge >= 0.3 is 0 Å². The predicted octanol–water partition coefficient (Wildman–Crippen LogP) is 4.15. The molecule has 146 valence electrons. The third kappa shape index (κ3) is 4.12. The second kappa shape index (κ2) is 8.19. The molecule has 4 rings (SSSR count). The third-order valence-electron chi connectivity index (χ3n) is 5.23. The van der Waals surface area contributed by atoms with E-state index in [9.17, 15) is 4.79 Å². The van der Waals surface area contributed by atoms with E-state index >= 15 is 0 Å². The van der Waals surface area contributed by atoms with Gasteiger partial charge in [0.15, 0.2) is 5.13 Å². The number of ether oxygens (including phenoxy) is 1. The number of amides is 1. The van der Waals surface area contributed by atoms with Gasteiger partial charge in [-0.2, -0.15) is 0 Å². The first-order chi connectivity index (χ1) is 13.6. The van der Waals surface area contributed by atoms with Crippen molar-refractivity contribution in [3.8, 4) is 5.75 Å². The van der Waals surface area contributed by atoms with Crippen LogP contribution in [0.3, 0.4) is 0 Å². The summed E-state index contributed by atoms with van der Waals surface area (Å²) < 4.78 is 6.42. The maximum atomic E-state index is 12.7. The number of nitrogens with zero attached hydrogens (tertiary/aromatic N) is 2. The summed E-state index contributed by atoms with van der Waals surface area (Å²) in [6.45, 7) is 4.31. The first-order valence-electron chi connectivity index (χ1n) is 9.65. The highest BCUT2D eigenvalue weighted by Crippen LogP contribution is 2.33. The molecule has 2 heterocycles. The topological polar surface area (TPSA) is 54.5 Å². The van der Waals surface area contributed by atoms with Gasteiger partial charge in [-0.3, -0.25) is 4.79 Å². The van der Waals surface area contributed by atoms with Crippen LogP contribution in [0.5, 0.6) is 5.75 Å². The molecule has 3 aromatic rings. The van der Waals surface area contributed by atoms with Gasteiger partial charge < -0.3 is 15.0 Å². The molecule has 0 aliphatic carbocycles. The number of aromatic nitrogens is 1. The van der Waals surface area contributed by atoms with Gasteiger partial charge in [0.05, 0.1) is 23.2 Å². The molecule has 1 aromatic heterocycles. The summed E-state index contributed by atoms with van der Waals surface area (Å²) in [5, 5.41) is 4.09. The minimum Gasteiger partial charge on any atom is -0.497 e. The van der Waals surface area contributed by atoms with Crippen molar-refractivity contribution in [2.24, 2.45) is 5.92 Å². The fraction of sp³-hybridized carbons (Fsp3) is 0.364. The Bertz CT molecular complexity index is 968. The molecule has 1 aliphatic rings. The smallest absolute Gasteiger partial charge is 0.225 e. The Balaban J connectivity index is 1.40. The summed E-state index contributed by atoms with van der Waals surface area (Å²) in [6.07, 6.45) is 1.93. The number of fused-ring (bicyclic) bond motifs is 1. The van der Waals surface area contributed by atoms with Gasteiger partial charge in [0.2, 0.25) is 5.91 Å². The number of nitrogens with one attached hydrogen (secondary N) is 1. The molecule has 1 N–H and O–H groups in total. The zero-order valence-electron chi connectivity index (χ0n) is 16.3. The molecule has 0 bridgehead atoms. The summed E-state index contributed by atoms with van der Waals surface area (Å²) in [5.41, 5.74) is 3.34. The molecule has 1 aliphatic heterocycles. The number of benzene rings is 2. The van der Waals surface area contributed by atoms with Crippen molar-refractivity contribution in [3.63, 3.8) is 0 Å². The Kier molecular flexibility index (Phi) is 5.48. The number of methoxy groups -OCH3 is 1. The van der Waals surface area contributed by atoms with Gasteiger partial charge in [-0.25, -0.2) is 4.98 Å². The standard InChI is InChI=1S/C22H25N3O2S/c1-15-5-7-16(8-6-15)13-23-21(26)17-4-3-11-25(14-17)22-24-19-10-9-18(27-2)12-20(19)28-22/h5-10,12,17H,3-4,11,13-14H2,1-2H3,(H,23,26). The van der Waals surface area contributed by atoms with Crippen LogP contribution in [0, 0.1) is 12.8 Å². The highest BCUT2D eigenvalue weighted by molar-refractivity contribution is 7.22. The van der Waals surface area contributed by atoms with E-state index in [2.05, 4.69) is 41.4 Å². The van der Waals surface area contributed by atoms with Gasteiger partial charge in [-0.15, -0.1) is 0 Å². The maximum absolute atomic E-state index is 12.7. The quantitative estimate of drug-likeness (QED) is 0.705. The monoisotopic (exact) mass is 395 g/mol. The number of anilines is 1. The van der Waals surface area contributed by atoms with Crippen LogP contribution in [0.25, 0.3) is 10.2 Å². The second-order valence-electron chi connectivity index (χ2n) is 7.32. The van der Waals surface area contributed by atoms with Crippen molar-refractivity contribution < 1.29 is 9.53 Å². The minimum absolute atomic E-state index is 0.000691. The van der Waals surface area contributed by atoms with Gasteiger partial charge in [-0.1, -0.05) is 41.2 Å². The Morgan fingerprint density at radius 1 is 1.29 bits per heavy atom. The number of thiazole rings is 1. The fourth-order valence-corrected chi connectivity index (χ4v) is 4.59. The SMILES string of the molecule is COc1ccc2nc(N3CCCC(C(=O)NCc4ccc(C)cc4)C3)sc2c1. The molecule has 0 spiro atoms. The van der Waals surface area contributed by atoms with E-state index < -0.39 is 0 Å². The van der Waals surface area contributed by atoms with Crippen LogP contribution in [0.4, 0.5) is 5.13 Å². The van der Waals surface area contributed by atoms with Crippen molar-refractivity contribution in [2.45, 2.75) is 26.3 Å². The Morgan fingerprint density at radius 2 is 2.11 bits per heavy atom. The van der Waals surface area contributed by atoms with E-state index in [0.717, 1.165) is 52.6 Å². The van der Waals surface area contributed by atoms with Gasteiger partial charge in [0.1, 0.15) is 5.75 Å². The summed E-state index contributed by atoms with van der Waals surface area (Å²) >= 11 is 1.66. The van der Waals surface area contributed by atoms with E-state index in [1.54, 1.807) is 18.4 Å². The van der Waals surface area contributed by atoms with E-state index in [-0.39, 0.29) is 11.8 Å². The number of carbonyl (C=O) groups is 1. The van der Waals surface area contributed by atoms with Crippen molar-refractivity contribution in [2.75, 3.05) is 25.1 Å². The van der Waals surface area contributed by atoms with Gasteiger partial charge in [0.25, 0.3) is 0 Å². The molecule has 1 unspecified atom stereocenters. The highest BCUT2D eigenvalue weighted by Gasteiger charge is 2.27. The number of rotatable bonds is 5. The van der Waals surface area contributed by atoms with E-state index in [0.29, 0.717) is 6.54 Å². The second-order valence-corrected chi connectivity index (χ2v) is 8.33. The molecule has 0 saturated carbocycles. The van der Waals surface area contributed by atoms with Crippen LogP contribution in [-0.4, -0.2) is 31.1 Å². The van der Waals surface area contributed by atoms with Crippen molar-refractivity contribution in [3.05, 3.63) is 53.6 Å². The number of carbonyl (C=O) groups excluding carboxylic acids is 1. The van der Waals surface area contributed by atoms with Crippen LogP contribution >= 0.6 is 11.3 Å². The molecule has 2 aromatic carbocycles. The van der Waals surface area contributed by atoms with Crippen LogP contribution in [-0.2, 0) is 11.3 Å². The predicted molar refractivity (Wildman–Crippen MR) is 114 cm³/mol. The molecule has 28 heavy (non-hydrogen) atoms. The molecule has 0 radical (unpaired) electrons. The fourth-order valence-electron chi connectivity index (χ4n) is 3.56. The van der Waals surface area contributed by atoms with E-state index in [1.807, 2.05) is 18.2 Å². The number of hydrogen-bond donors (Lipinski definition) is 1. The Morgan fingerprint density at radius 3 is 2.89 bits per heavy atom. The van der Waals surface area contributed by atoms with Gasteiger partial charge in [-0.05, 0) is 43.5 Å². The summed E-state index contributed by atoms with van der Waals surface area (Å²) in [6, 6.07) is 14.2. The minimum atomic E-state index is 0.000691. The lowest BCUT2D eigenvalue weighted by atomic mass is 9.97. The lowest BCUT2D eigenvalue weighted by Crippen LogP contribution is -2.42. The first kappa shape index (κ1) is 18.7. The summed E-state index contributed by atoms with van der Waals surface area (Å²) in [7, 11) is 1.67. The molecular formula is C22H25N3O2S. The van der Waals surface area contributed by atoms with E-state index in [1.165, 1.54) is 5.56 Å². The van der Waals surface area contributed by atoms with E-state index in [4.69, 9.17) is 9.72 Å². The lowest BCUT2D eigenvalue weighted by molar-refractivity contribution is -0.125. The number of hydrogen-bond acceptors (Lipinski definition) is 5. The normalized spacial score (nSPS) is 16.9. The van der Waals surface area contributed by atoms with Crippen molar-refractivity contribution in [1.29, 1.82) is 0 Å².